The maximum atomic E-state index is 4.13. The Hall–Kier alpha value is -8.98. The molecule has 1 aliphatic rings. The zero-order valence-corrected chi connectivity index (χ0v) is 38.3. The van der Waals surface area contributed by atoms with Crippen LogP contribution in [0.25, 0.3) is 121 Å². The van der Waals surface area contributed by atoms with Crippen LogP contribution < -0.4 is 0 Å². The summed E-state index contributed by atoms with van der Waals surface area (Å²) in [5, 5.41) is 12.4. The molecule has 0 amide bonds. The quantitative estimate of drug-likeness (QED) is 0.157. The Morgan fingerprint density at radius 2 is 0.899 bits per heavy atom. The van der Waals surface area contributed by atoms with Gasteiger partial charge in [0.25, 0.3) is 0 Å². The van der Waals surface area contributed by atoms with E-state index in [-0.39, 0.29) is 0 Å². The lowest BCUT2D eigenvalue weighted by Gasteiger charge is -2.13. The summed E-state index contributed by atoms with van der Waals surface area (Å²) in [6, 6.07) is 82.0. The fourth-order valence-corrected chi connectivity index (χ4v) is 11.1. The van der Waals surface area contributed by atoms with Gasteiger partial charge in [0.05, 0.1) is 22.1 Å². The predicted octanol–water partition coefficient (Wildman–Crippen LogP) is 18.3. The third-order valence-electron chi connectivity index (χ3n) is 14.3. The zero-order valence-electron chi connectivity index (χ0n) is 38.3. The summed E-state index contributed by atoms with van der Waals surface area (Å²) in [6.07, 6.45) is 3.93. The number of benzene rings is 11. The van der Waals surface area contributed by atoms with Gasteiger partial charge in [-0.25, -0.2) is 0 Å². The lowest BCUT2D eigenvalue weighted by molar-refractivity contribution is 1.18. The molecule has 0 spiro atoms. The topological polar surface area (TPSA) is 9.86 Å². The first-order valence-corrected chi connectivity index (χ1v) is 23.7. The molecule has 13 aromatic rings. The van der Waals surface area contributed by atoms with Crippen LogP contribution in [0.1, 0.15) is 16.7 Å². The first-order valence-electron chi connectivity index (χ1n) is 23.7. The van der Waals surface area contributed by atoms with Crippen LogP contribution >= 0.6 is 0 Å². The van der Waals surface area contributed by atoms with Crippen molar-refractivity contribution >= 4 is 87.1 Å². The van der Waals surface area contributed by atoms with Crippen molar-refractivity contribution in [2.24, 2.45) is 0 Å². The van der Waals surface area contributed by atoms with Gasteiger partial charge in [-0.15, -0.1) is 0 Å². The summed E-state index contributed by atoms with van der Waals surface area (Å²) < 4.78 is 4.86. The molecule has 0 N–H and O–H groups in total. The van der Waals surface area contributed by atoms with Gasteiger partial charge in [0.2, 0.25) is 0 Å². The summed E-state index contributed by atoms with van der Waals surface area (Å²) in [5.41, 5.74) is 18.1. The fourth-order valence-electron chi connectivity index (χ4n) is 11.1. The molecule has 0 fully saturated rings. The Balaban J connectivity index is 0.000000618. The van der Waals surface area contributed by atoms with Crippen LogP contribution in [0, 0.1) is 6.92 Å². The summed E-state index contributed by atoms with van der Waals surface area (Å²) >= 11 is 0. The Bertz CT molecular complexity index is 4250. The zero-order chi connectivity index (χ0) is 46.2. The number of para-hydroxylation sites is 2. The van der Waals surface area contributed by atoms with Gasteiger partial charge in [-0.3, -0.25) is 0 Å². The third kappa shape index (κ3) is 6.41. The Morgan fingerprint density at radius 1 is 0.333 bits per heavy atom. The SMILES string of the molecule is C=CC1=C(C=C)c2ccc(-c3ccc4cc(-n5c6ccc(-c7ccc8c(c7)c7ccccc7n8-c7ccccc7)cc6c6ccc7ccccc7c65)ccc4c3)c3cccc1c23.Cc1ccccc1. The number of fused-ring (bicyclic) bond motifs is 9. The van der Waals surface area contributed by atoms with E-state index in [2.05, 4.69) is 235 Å². The molecule has 0 saturated carbocycles. The minimum absolute atomic E-state index is 1.15. The van der Waals surface area contributed by atoms with E-state index in [1.54, 1.807) is 0 Å². The summed E-state index contributed by atoms with van der Waals surface area (Å²) in [6.45, 7) is 10.4. The van der Waals surface area contributed by atoms with E-state index in [1.165, 1.54) is 121 Å². The predicted molar refractivity (Wildman–Crippen MR) is 297 cm³/mol. The Labute approximate surface area is 401 Å². The summed E-state index contributed by atoms with van der Waals surface area (Å²) in [7, 11) is 0. The van der Waals surface area contributed by atoms with Gasteiger partial charge >= 0.3 is 0 Å². The molecule has 14 rings (SSSR count). The molecule has 2 nitrogen and oxygen atoms in total. The van der Waals surface area contributed by atoms with Crippen LogP contribution in [-0.2, 0) is 0 Å². The second-order valence-electron chi connectivity index (χ2n) is 18.2. The molecule has 2 heterocycles. The number of allylic oxidation sites excluding steroid dienone is 4. The number of nitrogens with zero attached hydrogens (tertiary/aromatic N) is 2. The van der Waals surface area contributed by atoms with E-state index in [4.69, 9.17) is 0 Å². The Kier molecular flexibility index (Phi) is 9.42. The second kappa shape index (κ2) is 16.1. The van der Waals surface area contributed by atoms with Crippen molar-refractivity contribution < 1.29 is 0 Å². The molecule has 324 valence electrons. The van der Waals surface area contributed by atoms with Gasteiger partial charge < -0.3 is 9.13 Å². The average molecular weight is 879 g/mol. The second-order valence-corrected chi connectivity index (χ2v) is 18.2. The van der Waals surface area contributed by atoms with Gasteiger partial charge in [0, 0.05) is 38.3 Å². The van der Waals surface area contributed by atoms with Crippen molar-refractivity contribution in [3.05, 3.63) is 266 Å². The summed E-state index contributed by atoms with van der Waals surface area (Å²) in [4.78, 5) is 0. The van der Waals surface area contributed by atoms with Crippen LogP contribution in [0.4, 0.5) is 0 Å². The molecule has 0 bridgehead atoms. The van der Waals surface area contributed by atoms with Crippen LogP contribution in [0.5, 0.6) is 0 Å². The largest absolute Gasteiger partial charge is 0.309 e. The molecule has 0 saturated heterocycles. The fraction of sp³-hybridized carbons (Fsp3) is 0.0149. The highest BCUT2D eigenvalue weighted by atomic mass is 15.0. The summed E-state index contributed by atoms with van der Waals surface area (Å²) in [5.74, 6) is 0. The lowest BCUT2D eigenvalue weighted by atomic mass is 9.92. The minimum Gasteiger partial charge on any atom is -0.309 e. The van der Waals surface area contributed by atoms with Gasteiger partial charge in [-0.05, 0) is 139 Å². The van der Waals surface area contributed by atoms with Gasteiger partial charge in [0.15, 0.2) is 0 Å². The number of rotatable bonds is 6. The van der Waals surface area contributed by atoms with Crippen molar-refractivity contribution in [1.29, 1.82) is 0 Å². The van der Waals surface area contributed by atoms with Crippen LogP contribution in [0.2, 0.25) is 0 Å². The molecular formula is C67H46N2. The highest BCUT2D eigenvalue weighted by Crippen LogP contribution is 2.46. The standard InChI is InChI=1S/C60H38N2.C7H8/c1-3-45-46(4-2)52-30-29-47(51-19-12-18-50(45)59(51)52)42-22-21-39-34-44(27-23-38(39)33-42)62-58-32-26-41(36-55(58)53-28-24-37-13-8-9-16-48(37)60(53)62)40-25-31-57-54(35-40)49-17-10-11-20-56(49)61(57)43-14-6-5-7-15-43;1-7-5-3-2-4-6-7/h3-36H,1-2H2;2-6H,1H3. The van der Waals surface area contributed by atoms with Crippen LogP contribution in [0.15, 0.2) is 250 Å². The van der Waals surface area contributed by atoms with E-state index < -0.39 is 0 Å². The average Bonchev–Trinajstić information content (AvgIpc) is 4.04. The van der Waals surface area contributed by atoms with Gasteiger partial charge in [0.1, 0.15) is 0 Å². The number of hydrogen-bond donors (Lipinski definition) is 0. The molecule has 0 unspecified atom stereocenters. The minimum atomic E-state index is 1.15. The monoisotopic (exact) mass is 878 g/mol. The molecule has 0 aliphatic heterocycles. The van der Waals surface area contributed by atoms with Gasteiger partial charge in [-0.1, -0.05) is 195 Å². The van der Waals surface area contributed by atoms with Crippen LogP contribution in [-0.4, -0.2) is 9.13 Å². The van der Waals surface area contributed by atoms with Crippen molar-refractivity contribution in [3.63, 3.8) is 0 Å². The molecule has 11 aromatic carbocycles. The van der Waals surface area contributed by atoms with E-state index in [9.17, 15) is 0 Å². The molecule has 0 radical (unpaired) electrons. The smallest absolute Gasteiger partial charge is 0.0619 e. The van der Waals surface area contributed by atoms with E-state index in [0.717, 1.165) is 16.8 Å². The number of aryl methyl sites for hydroxylation is 1. The van der Waals surface area contributed by atoms with Crippen molar-refractivity contribution in [2.75, 3.05) is 0 Å². The van der Waals surface area contributed by atoms with Gasteiger partial charge in [-0.2, -0.15) is 0 Å². The maximum Gasteiger partial charge on any atom is 0.0619 e. The molecule has 0 atom stereocenters. The van der Waals surface area contributed by atoms with E-state index in [0.29, 0.717) is 0 Å². The molecule has 2 heteroatoms. The number of hydrogen-bond acceptors (Lipinski definition) is 0. The third-order valence-corrected chi connectivity index (χ3v) is 14.3. The molecule has 2 aromatic heterocycles. The van der Waals surface area contributed by atoms with Crippen LogP contribution in [0.3, 0.4) is 0 Å². The van der Waals surface area contributed by atoms with Crippen molar-refractivity contribution in [2.45, 2.75) is 6.92 Å². The lowest BCUT2D eigenvalue weighted by Crippen LogP contribution is -1.95. The first-order chi connectivity index (χ1) is 34.1. The molecular weight excluding hydrogens is 833 g/mol. The van der Waals surface area contributed by atoms with E-state index >= 15 is 0 Å². The van der Waals surface area contributed by atoms with Crippen molar-refractivity contribution in [1.82, 2.24) is 9.13 Å². The molecule has 1 aliphatic carbocycles. The maximum absolute atomic E-state index is 4.13. The van der Waals surface area contributed by atoms with Crippen molar-refractivity contribution in [3.8, 4) is 33.6 Å². The highest BCUT2D eigenvalue weighted by molar-refractivity contribution is 6.21. The normalized spacial score (nSPS) is 12.2. The van der Waals surface area contributed by atoms with E-state index in [1.807, 2.05) is 30.4 Å². The number of aromatic nitrogens is 2. The Morgan fingerprint density at radius 3 is 1.64 bits per heavy atom. The first kappa shape index (κ1) is 40.3. The highest BCUT2D eigenvalue weighted by Gasteiger charge is 2.23. The molecule has 69 heavy (non-hydrogen) atoms.